The summed E-state index contributed by atoms with van der Waals surface area (Å²) < 4.78 is 0. The number of likely N-dealkylation sites (N-methyl/N-ethyl adjacent to an activating group) is 2. The zero-order valence-electron chi connectivity index (χ0n) is 12.8. The van der Waals surface area contributed by atoms with Crippen molar-refractivity contribution in [2.45, 2.75) is 52.6 Å². The molecule has 1 aromatic heterocycles. The Morgan fingerprint density at radius 3 is 2.33 bits per heavy atom. The third-order valence-electron chi connectivity index (χ3n) is 3.91. The van der Waals surface area contributed by atoms with E-state index in [0.29, 0.717) is 6.04 Å². The van der Waals surface area contributed by atoms with Gasteiger partial charge in [-0.3, -0.25) is 0 Å². The van der Waals surface area contributed by atoms with Crippen LogP contribution in [0, 0.1) is 13.8 Å². The van der Waals surface area contributed by atoms with Crippen LogP contribution in [0.4, 0.5) is 0 Å². The van der Waals surface area contributed by atoms with Gasteiger partial charge < -0.3 is 10.2 Å². The Morgan fingerprint density at radius 1 is 1.33 bits per heavy atom. The highest BCUT2D eigenvalue weighted by Gasteiger charge is 2.31. The van der Waals surface area contributed by atoms with Gasteiger partial charge in [-0.2, -0.15) is 0 Å². The lowest BCUT2D eigenvalue weighted by Gasteiger charge is -2.40. The van der Waals surface area contributed by atoms with Crippen LogP contribution in [0.3, 0.4) is 0 Å². The fourth-order valence-corrected chi connectivity index (χ4v) is 2.91. The van der Waals surface area contributed by atoms with Crippen LogP contribution >= 0.6 is 11.3 Å². The molecule has 0 saturated heterocycles. The van der Waals surface area contributed by atoms with Crippen LogP contribution < -0.4 is 5.32 Å². The van der Waals surface area contributed by atoms with E-state index in [9.17, 15) is 0 Å². The highest BCUT2D eigenvalue weighted by molar-refractivity contribution is 7.11. The maximum absolute atomic E-state index is 4.67. The number of thiazole rings is 1. The van der Waals surface area contributed by atoms with Gasteiger partial charge in [-0.05, 0) is 48.3 Å². The molecule has 18 heavy (non-hydrogen) atoms. The van der Waals surface area contributed by atoms with Gasteiger partial charge in [-0.25, -0.2) is 4.98 Å². The number of aromatic nitrogens is 1. The van der Waals surface area contributed by atoms with Crippen molar-refractivity contribution in [2.24, 2.45) is 0 Å². The summed E-state index contributed by atoms with van der Waals surface area (Å²) in [6.07, 6.45) is 0.998. The van der Waals surface area contributed by atoms with Gasteiger partial charge in [-0.15, -0.1) is 11.3 Å². The summed E-state index contributed by atoms with van der Waals surface area (Å²) in [4.78, 5) is 8.29. The number of nitrogens with zero attached hydrogens (tertiary/aromatic N) is 2. The van der Waals surface area contributed by atoms with Crippen LogP contribution in [0.5, 0.6) is 0 Å². The van der Waals surface area contributed by atoms with Crippen LogP contribution in [0.25, 0.3) is 0 Å². The number of aryl methyl sites for hydroxylation is 2. The summed E-state index contributed by atoms with van der Waals surface area (Å²) >= 11 is 1.83. The first-order chi connectivity index (χ1) is 8.28. The van der Waals surface area contributed by atoms with Gasteiger partial charge in [0.25, 0.3) is 0 Å². The Balaban J connectivity index is 2.86. The lowest BCUT2D eigenvalue weighted by atomic mass is 9.90. The van der Waals surface area contributed by atoms with Crippen molar-refractivity contribution < 1.29 is 0 Å². The number of nitrogens with one attached hydrogen (secondary N) is 1. The fourth-order valence-electron chi connectivity index (χ4n) is 1.93. The average molecular weight is 269 g/mol. The summed E-state index contributed by atoms with van der Waals surface area (Å²) in [5.41, 5.74) is 1.29. The molecule has 0 spiro atoms. The normalized spacial score (nSPS) is 14.2. The van der Waals surface area contributed by atoms with E-state index >= 15 is 0 Å². The van der Waals surface area contributed by atoms with Gasteiger partial charge in [0.15, 0.2) is 0 Å². The van der Waals surface area contributed by atoms with Gasteiger partial charge in [0, 0.05) is 22.9 Å². The van der Waals surface area contributed by atoms with Crippen molar-refractivity contribution in [3.63, 3.8) is 0 Å². The SMILES string of the molecule is CCNC(Cc1nc(C)c(C)s1)C(C)(C)N(C)C. The first-order valence-corrected chi connectivity index (χ1v) is 7.44. The highest BCUT2D eigenvalue weighted by Crippen LogP contribution is 2.23. The minimum absolute atomic E-state index is 0.115. The molecule has 104 valence electrons. The molecule has 1 aromatic rings. The zero-order chi connectivity index (χ0) is 13.9. The summed E-state index contributed by atoms with van der Waals surface area (Å²) in [6, 6.07) is 0.419. The largest absolute Gasteiger partial charge is 0.312 e. The molecule has 1 rings (SSSR count). The summed E-state index contributed by atoms with van der Waals surface area (Å²) in [6.45, 7) is 12.0. The zero-order valence-corrected chi connectivity index (χ0v) is 13.6. The first kappa shape index (κ1) is 15.6. The molecule has 0 aliphatic rings. The van der Waals surface area contributed by atoms with E-state index in [1.807, 2.05) is 11.3 Å². The van der Waals surface area contributed by atoms with Crippen LogP contribution in [-0.2, 0) is 6.42 Å². The van der Waals surface area contributed by atoms with Gasteiger partial charge in [0.1, 0.15) is 0 Å². The topological polar surface area (TPSA) is 28.2 Å². The molecule has 0 bridgehead atoms. The molecule has 1 N–H and O–H groups in total. The predicted molar refractivity (Wildman–Crippen MR) is 80.5 cm³/mol. The van der Waals surface area contributed by atoms with Crippen molar-refractivity contribution in [1.29, 1.82) is 0 Å². The van der Waals surface area contributed by atoms with Crippen LogP contribution in [-0.4, -0.2) is 42.1 Å². The molecular formula is C14H27N3S. The minimum atomic E-state index is 0.115. The molecule has 0 aliphatic heterocycles. The average Bonchev–Trinajstić information content (AvgIpc) is 2.57. The van der Waals surface area contributed by atoms with Crippen LogP contribution in [0.1, 0.15) is 36.3 Å². The van der Waals surface area contributed by atoms with E-state index in [2.05, 4.69) is 63.9 Å². The Hall–Kier alpha value is -0.450. The van der Waals surface area contributed by atoms with E-state index in [1.165, 1.54) is 15.6 Å². The number of hydrogen-bond donors (Lipinski definition) is 1. The lowest BCUT2D eigenvalue weighted by molar-refractivity contribution is 0.138. The molecular weight excluding hydrogens is 242 g/mol. The number of hydrogen-bond acceptors (Lipinski definition) is 4. The van der Waals surface area contributed by atoms with Crippen molar-refractivity contribution in [2.75, 3.05) is 20.6 Å². The second kappa shape index (κ2) is 6.13. The van der Waals surface area contributed by atoms with Crippen molar-refractivity contribution in [3.8, 4) is 0 Å². The fraction of sp³-hybridized carbons (Fsp3) is 0.786. The monoisotopic (exact) mass is 269 g/mol. The van der Waals surface area contributed by atoms with E-state index in [4.69, 9.17) is 0 Å². The van der Waals surface area contributed by atoms with Crippen LogP contribution in [0.15, 0.2) is 0 Å². The Morgan fingerprint density at radius 2 is 1.94 bits per heavy atom. The molecule has 4 heteroatoms. The molecule has 3 nitrogen and oxygen atoms in total. The lowest BCUT2D eigenvalue weighted by Crippen LogP contribution is -2.56. The molecule has 1 heterocycles. The van der Waals surface area contributed by atoms with Gasteiger partial charge >= 0.3 is 0 Å². The molecule has 0 amide bonds. The minimum Gasteiger partial charge on any atom is -0.312 e. The predicted octanol–water partition coefficient (Wildman–Crippen LogP) is 2.62. The second-order valence-corrected chi connectivity index (χ2v) is 6.90. The molecule has 0 aliphatic carbocycles. The third kappa shape index (κ3) is 3.53. The molecule has 1 unspecified atom stereocenters. The van der Waals surface area contributed by atoms with Crippen molar-refractivity contribution in [1.82, 2.24) is 15.2 Å². The smallest absolute Gasteiger partial charge is 0.0947 e. The Bertz CT molecular complexity index is 363. The third-order valence-corrected chi connectivity index (χ3v) is 5.00. The van der Waals surface area contributed by atoms with Crippen LogP contribution in [0.2, 0.25) is 0 Å². The van der Waals surface area contributed by atoms with Crippen molar-refractivity contribution in [3.05, 3.63) is 15.6 Å². The van der Waals surface area contributed by atoms with E-state index < -0.39 is 0 Å². The van der Waals surface area contributed by atoms with E-state index in [0.717, 1.165) is 13.0 Å². The maximum Gasteiger partial charge on any atom is 0.0947 e. The maximum atomic E-state index is 4.67. The molecule has 0 aromatic carbocycles. The number of rotatable bonds is 6. The van der Waals surface area contributed by atoms with Crippen molar-refractivity contribution >= 4 is 11.3 Å². The van der Waals surface area contributed by atoms with Gasteiger partial charge in [-0.1, -0.05) is 6.92 Å². The summed E-state index contributed by atoms with van der Waals surface area (Å²) in [7, 11) is 4.28. The Kier molecular flexibility index (Phi) is 5.32. The van der Waals surface area contributed by atoms with Gasteiger partial charge in [0.2, 0.25) is 0 Å². The quantitative estimate of drug-likeness (QED) is 0.860. The van der Waals surface area contributed by atoms with E-state index in [-0.39, 0.29) is 5.54 Å². The van der Waals surface area contributed by atoms with E-state index in [1.54, 1.807) is 0 Å². The van der Waals surface area contributed by atoms with Gasteiger partial charge in [0.05, 0.1) is 10.7 Å². The molecule has 0 fully saturated rings. The Labute approximate surface area is 116 Å². The molecule has 1 atom stereocenters. The standard InChI is InChI=1S/C14H27N3S/c1-8-15-12(14(4,5)17(6)7)9-13-16-10(2)11(3)18-13/h12,15H,8-9H2,1-7H3. The second-order valence-electron chi connectivity index (χ2n) is 5.61. The highest BCUT2D eigenvalue weighted by atomic mass is 32.1. The first-order valence-electron chi connectivity index (χ1n) is 6.62. The summed E-state index contributed by atoms with van der Waals surface area (Å²) in [5.74, 6) is 0. The molecule has 0 radical (unpaired) electrons. The molecule has 0 saturated carbocycles. The summed E-state index contributed by atoms with van der Waals surface area (Å²) in [5, 5.41) is 4.85.